The predicted molar refractivity (Wildman–Crippen MR) is 92.0 cm³/mol. The lowest BCUT2D eigenvalue weighted by Crippen LogP contribution is -2.40. The van der Waals surface area contributed by atoms with Gasteiger partial charge in [0.05, 0.1) is 24.4 Å². The van der Waals surface area contributed by atoms with Crippen LogP contribution in [-0.2, 0) is 6.18 Å². The van der Waals surface area contributed by atoms with Crippen LogP contribution in [-0.4, -0.2) is 51.6 Å². The number of ether oxygens (including phenoxy) is 1. The third kappa shape index (κ3) is 5.04. The lowest BCUT2D eigenvalue weighted by Gasteiger charge is -2.28. The number of aliphatic hydroxyl groups excluding tert-OH is 2. The van der Waals surface area contributed by atoms with Crippen molar-refractivity contribution in [3.63, 3.8) is 0 Å². The van der Waals surface area contributed by atoms with E-state index in [1.165, 1.54) is 6.07 Å². The Kier molecular flexibility index (Phi) is 5.80. The minimum atomic E-state index is -4.50. The number of nitrogens with zero attached hydrogens (tertiary/aromatic N) is 2. The first-order valence-corrected chi connectivity index (χ1v) is 8.82. The second kappa shape index (κ2) is 7.99. The molecule has 1 aliphatic rings. The van der Waals surface area contributed by atoms with Gasteiger partial charge in [0, 0.05) is 30.3 Å². The van der Waals surface area contributed by atoms with Gasteiger partial charge < -0.3 is 24.8 Å². The van der Waals surface area contributed by atoms with Crippen molar-refractivity contribution >= 4 is 5.91 Å². The zero-order valence-corrected chi connectivity index (χ0v) is 15.4. The fourth-order valence-electron chi connectivity index (χ4n) is 3.25. The number of aromatic nitrogens is 2. The van der Waals surface area contributed by atoms with E-state index in [0.29, 0.717) is 12.0 Å². The van der Waals surface area contributed by atoms with Crippen molar-refractivity contribution < 1.29 is 37.4 Å². The summed E-state index contributed by atoms with van der Waals surface area (Å²) in [5.74, 6) is -0.0650. The number of aliphatic hydroxyl groups is 2. The molecule has 2 aromatic heterocycles. The van der Waals surface area contributed by atoms with Gasteiger partial charge in [0.2, 0.25) is 5.88 Å². The van der Waals surface area contributed by atoms with Crippen molar-refractivity contribution in [3.05, 3.63) is 41.4 Å². The van der Waals surface area contributed by atoms with E-state index >= 15 is 0 Å². The molecule has 2 aromatic rings. The highest BCUT2D eigenvalue weighted by atomic mass is 19.4. The Bertz CT molecular complexity index is 843. The first kappa shape index (κ1) is 21.1. The predicted octanol–water partition coefficient (Wildman–Crippen LogP) is 1.71. The van der Waals surface area contributed by atoms with Crippen molar-refractivity contribution in [2.24, 2.45) is 5.41 Å². The van der Waals surface area contributed by atoms with E-state index in [2.05, 4.69) is 15.5 Å². The van der Waals surface area contributed by atoms with Gasteiger partial charge in [0.15, 0.2) is 5.69 Å². The second-order valence-electron chi connectivity index (χ2n) is 7.22. The average molecular weight is 415 g/mol. The topological polar surface area (TPSA) is 118 Å². The molecule has 0 aliphatic heterocycles. The first-order chi connectivity index (χ1) is 13.6. The van der Waals surface area contributed by atoms with Crippen LogP contribution in [0.15, 0.2) is 28.9 Å². The summed E-state index contributed by atoms with van der Waals surface area (Å²) in [6.45, 7) is 1.62. The Hall–Kier alpha value is -2.66. The molecule has 29 heavy (non-hydrogen) atoms. The Labute approximate surface area is 163 Å². The SMILES string of the molecule is Cc1cc(C(=O)NCC2(COc3ccc(C(F)(F)F)cn3)C[C@@H](O)[C@@H](O)C2)no1. The van der Waals surface area contributed by atoms with Crippen molar-refractivity contribution in [3.8, 4) is 5.88 Å². The quantitative estimate of drug-likeness (QED) is 0.657. The summed E-state index contributed by atoms with van der Waals surface area (Å²) in [4.78, 5) is 15.9. The van der Waals surface area contributed by atoms with Crippen LogP contribution in [0, 0.1) is 12.3 Å². The lowest BCUT2D eigenvalue weighted by atomic mass is 9.86. The van der Waals surface area contributed by atoms with E-state index in [-0.39, 0.29) is 37.6 Å². The Morgan fingerprint density at radius 1 is 1.34 bits per heavy atom. The molecule has 1 unspecified atom stereocenters. The molecule has 0 spiro atoms. The lowest BCUT2D eigenvalue weighted by molar-refractivity contribution is -0.137. The fourth-order valence-corrected chi connectivity index (χ4v) is 3.25. The molecule has 1 fully saturated rings. The highest BCUT2D eigenvalue weighted by molar-refractivity contribution is 5.92. The van der Waals surface area contributed by atoms with Crippen LogP contribution in [0.4, 0.5) is 13.2 Å². The number of carbonyl (C=O) groups excluding carboxylic acids is 1. The monoisotopic (exact) mass is 415 g/mol. The van der Waals surface area contributed by atoms with E-state index in [1.54, 1.807) is 6.92 Å². The third-order valence-electron chi connectivity index (χ3n) is 4.80. The molecule has 1 amide bonds. The Morgan fingerprint density at radius 2 is 2.03 bits per heavy atom. The van der Waals surface area contributed by atoms with Gasteiger partial charge in [-0.15, -0.1) is 0 Å². The van der Waals surface area contributed by atoms with Gasteiger partial charge in [-0.3, -0.25) is 4.79 Å². The van der Waals surface area contributed by atoms with E-state index in [0.717, 1.165) is 12.1 Å². The van der Waals surface area contributed by atoms with Crippen LogP contribution in [0.3, 0.4) is 0 Å². The maximum atomic E-state index is 12.6. The van der Waals surface area contributed by atoms with Crippen LogP contribution in [0.2, 0.25) is 0 Å². The van der Waals surface area contributed by atoms with E-state index in [1.807, 2.05) is 0 Å². The normalized spacial score (nSPS) is 24.5. The van der Waals surface area contributed by atoms with Crippen LogP contribution in [0.5, 0.6) is 5.88 Å². The molecule has 0 radical (unpaired) electrons. The molecule has 158 valence electrons. The zero-order valence-electron chi connectivity index (χ0n) is 15.4. The van der Waals surface area contributed by atoms with Crippen molar-refractivity contribution in [1.82, 2.24) is 15.5 Å². The minimum Gasteiger partial charge on any atom is -0.477 e. The highest BCUT2D eigenvalue weighted by Crippen LogP contribution is 2.39. The standard InChI is InChI=1S/C18H20F3N3O5/c1-10-4-12(24-29-10)16(27)23-8-17(5-13(25)14(26)6-17)9-28-15-3-2-11(7-22-15)18(19,20)21/h2-4,7,13-14,25-26H,5-6,8-9H2,1H3,(H,23,27)/t13-,14+,17?. The number of alkyl halides is 3. The molecule has 2 heterocycles. The summed E-state index contributed by atoms with van der Waals surface area (Å²) < 4.78 is 48.2. The van der Waals surface area contributed by atoms with E-state index in [9.17, 15) is 28.2 Å². The molecule has 1 aliphatic carbocycles. The number of hydrogen-bond acceptors (Lipinski definition) is 7. The summed E-state index contributed by atoms with van der Waals surface area (Å²) in [5.41, 5.74) is -1.65. The summed E-state index contributed by atoms with van der Waals surface area (Å²) in [6, 6.07) is 3.40. The van der Waals surface area contributed by atoms with Gasteiger partial charge in [-0.25, -0.2) is 4.98 Å². The Morgan fingerprint density at radius 3 is 2.55 bits per heavy atom. The maximum Gasteiger partial charge on any atom is 0.417 e. The number of rotatable bonds is 6. The molecule has 0 aromatic carbocycles. The Balaban J connectivity index is 1.66. The molecule has 0 bridgehead atoms. The summed E-state index contributed by atoms with van der Waals surface area (Å²) in [7, 11) is 0. The van der Waals surface area contributed by atoms with Gasteiger partial charge in [-0.2, -0.15) is 13.2 Å². The smallest absolute Gasteiger partial charge is 0.417 e. The number of amides is 1. The molecule has 0 saturated heterocycles. The number of carbonyl (C=O) groups is 1. The molecule has 3 N–H and O–H groups in total. The summed E-state index contributed by atoms with van der Waals surface area (Å²) in [5, 5.41) is 26.2. The first-order valence-electron chi connectivity index (χ1n) is 8.82. The van der Waals surface area contributed by atoms with Crippen LogP contribution >= 0.6 is 0 Å². The van der Waals surface area contributed by atoms with Crippen LogP contribution in [0.1, 0.15) is 34.7 Å². The van der Waals surface area contributed by atoms with Gasteiger partial charge >= 0.3 is 6.18 Å². The van der Waals surface area contributed by atoms with Crippen LogP contribution in [0.25, 0.3) is 0 Å². The molecule has 8 nitrogen and oxygen atoms in total. The number of hydrogen-bond donors (Lipinski definition) is 3. The van der Waals surface area contributed by atoms with Gasteiger partial charge in [0.1, 0.15) is 5.76 Å². The largest absolute Gasteiger partial charge is 0.477 e. The second-order valence-corrected chi connectivity index (χ2v) is 7.22. The summed E-state index contributed by atoms with van der Waals surface area (Å²) >= 11 is 0. The molecule has 3 atom stereocenters. The highest BCUT2D eigenvalue weighted by Gasteiger charge is 2.45. The third-order valence-corrected chi connectivity index (χ3v) is 4.80. The van der Waals surface area contributed by atoms with E-state index < -0.39 is 35.3 Å². The average Bonchev–Trinajstić information content (AvgIpc) is 3.21. The van der Waals surface area contributed by atoms with Crippen LogP contribution < -0.4 is 10.1 Å². The van der Waals surface area contributed by atoms with Gasteiger partial charge in [-0.1, -0.05) is 5.16 Å². The van der Waals surface area contributed by atoms with Gasteiger partial charge in [-0.05, 0) is 25.8 Å². The van der Waals surface area contributed by atoms with E-state index in [4.69, 9.17) is 9.26 Å². The van der Waals surface area contributed by atoms with Crippen molar-refractivity contribution in [2.75, 3.05) is 13.2 Å². The molecule has 1 saturated carbocycles. The number of nitrogens with one attached hydrogen (secondary N) is 1. The fraction of sp³-hybridized carbons (Fsp3) is 0.500. The number of aryl methyl sites for hydroxylation is 1. The zero-order chi connectivity index (χ0) is 21.2. The minimum absolute atomic E-state index is 0.0355. The number of halogens is 3. The maximum absolute atomic E-state index is 12.6. The molecular formula is C18H20F3N3O5. The summed E-state index contributed by atoms with van der Waals surface area (Å²) in [6.07, 6.45) is -5.60. The van der Waals surface area contributed by atoms with Crippen molar-refractivity contribution in [2.45, 2.75) is 38.1 Å². The van der Waals surface area contributed by atoms with Gasteiger partial charge in [0.25, 0.3) is 5.91 Å². The molecular weight excluding hydrogens is 395 g/mol. The number of pyridine rings is 1. The molecule has 3 rings (SSSR count). The van der Waals surface area contributed by atoms with Crippen molar-refractivity contribution in [1.29, 1.82) is 0 Å². The molecule has 11 heteroatoms.